The van der Waals surface area contributed by atoms with E-state index in [1.165, 1.54) is 35.4 Å². The van der Waals surface area contributed by atoms with Crippen LogP contribution in [-0.2, 0) is 12.8 Å². The zero-order valence-electron chi connectivity index (χ0n) is 12.3. The maximum Gasteiger partial charge on any atom is 0.269 e. The van der Waals surface area contributed by atoms with Gasteiger partial charge < -0.3 is 0 Å². The zero-order chi connectivity index (χ0) is 17.7. The highest BCUT2D eigenvalue weighted by Crippen LogP contribution is 2.23. The highest BCUT2D eigenvalue weighted by Gasteiger charge is 2.20. The van der Waals surface area contributed by atoms with E-state index in [9.17, 15) is 10.1 Å². The molecule has 0 unspecified atom stereocenters. The number of hydrogen-bond donors (Lipinski definition) is 1. The Labute approximate surface area is 143 Å². The third-order valence-electron chi connectivity index (χ3n) is 3.26. The summed E-state index contributed by atoms with van der Waals surface area (Å²) in [6, 6.07) is 6.47. The van der Waals surface area contributed by atoms with E-state index >= 15 is 0 Å². The Bertz CT molecular complexity index is 671. The number of aromatic nitrogens is 1. The maximum atomic E-state index is 10.6. The van der Waals surface area contributed by atoms with Gasteiger partial charge in [0.1, 0.15) is 0 Å². The third-order valence-corrected chi connectivity index (χ3v) is 4.34. The van der Waals surface area contributed by atoms with Crippen LogP contribution < -0.4 is 28.1 Å². The molecule has 1 aromatic carbocycles. The van der Waals surface area contributed by atoms with E-state index in [0.717, 1.165) is 18.5 Å². The van der Waals surface area contributed by atoms with Crippen molar-refractivity contribution in [2.75, 3.05) is 5.43 Å². The fraction of sp³-hybridized carbons (Fsp3) is 0.308. The number of nitro groups is 1. The van der Waals surface area contributed by atoms with Crippen molar-refractivity contribution in [3.63, 3.8) is 0 Å². The number of rotatable bonds is 3. The molecule has 2 aromatic rings. The monoisotopic (exact) mass is 375 g/mol. The smallest absolute Gasteiger partial charge is 0.258 e. The normalized spacial score (nSPS) is 13.5. The molecule has 0 radical (unpaired) electrons. The predicted molar refractivity (Wildman–Crippen MR) is 73.3 cm³/mol. The van der Waals surface area contributed by atoms with Crippen LogP contribution in [0.15, 0.2) is 30.5 Å². The molecule has 1 aliphatic carbocycles. The molecule has 1 aromatic heterocycles. The summed E-state index contributed by atoms with van der Waals surface area (Å²) >= 11 is 1.71. The molecule has 0 spiro atoms. The Morgan fingerprint density at radius 1 is 1.08 bits per heavy atom. The van der Waals surface area contributed by atoms with Crippen LogP contribution in [0.3, 0.4) is 0 Å². The first-order valence-corrected chi connectivity index (χ1v) is 8.90. The lowest BCUT2D eigenvalue weighted by Crippen LogP contribution is -2.68. The minimum atomic E-state index is -4.94. The SMILES string of the molecule is O=[N+]([O-])c1ccc(N[n+]2cc3c(s2)CCCC3)cc1.[O-][Cl+3]([O-])([O-])[O-]. The zero-order valence-corrected chi connectivity index (χ0v) is 13.9. The second kappa shape index (κ2) is 7.83. The Balaban J connectivity index is 0.000000368. The van der Waals surface area contributed by atoms with Crippen molar-refractivity contribution in [1.29, 1.82) is 0 Å². The first-order valence-electron chi connectivity index (χ1n) is 6.89. The Morgan fingerprint density at radius 3 is 2.21 bits per heavy atom. The highest BCUT2D eigenvalue weighted by atomic mass is 35.7. The number of nitrogens with one attached hydrogen (secondary N) is 1. The third kappa shape index (κ3) is 6.00. The maximum absolute atomic E-state index is 10.6. The molecule has 0 aliphatic heterocycles. The van der Waals surface area contributed by atoms with Gasteiger partial charge in [-0.1, -0.05) is 0 Å². The van der Waals surface area contributed by atoms with Crippen LogP contribution in [0.2, 0.25) is 0 Å². The Morgan fingerprint density at radius 2 is 1.67 bits per heavy atom. The number of non-ortho nitro benzene ring substituents is 1. The van der Waals surface area contributed by atoms with Crippen molar-refractivity contribution in [2.24, 2.45) is 0 Å². The molecule has 0 saturated heterocycles. The number of anilines is 1. The largest absolute Gasteiger partial charge is 0.269 e. The highest BCUT2D eigenvalue weighted by molar-refractivity contribution is 7.02. The molecular weight excluding hydrogens is 362 g/mol. The summed E-state index contributed by atoms with van der Waals surface area (Å²) in [5.74, 6) is 0. The van der Waals surface area contributed by atoms with Gasteiger partial charge >= 0.3 is 0 Å². The van der Waals surface area contributed by atoms with E-state index in [1.807, 2.05) is 4.07 Å². The van der Waals surface area contributed by atoms with Gasteiger partial charge in [-0.25, -0.2) is 18.6 Å². The van der Waals surface area contributed by atoms with Crippen molar-refractivity contribution < 1.29 is 37.9 Å². The summed E-state index contributed by atoms with van der Waals surface area (Å²) in [5.41, 5.74) is 5.63. The van der Waals surface area contributed by atoms with Crippen LogP contribution in [0.5, 0.6) is 0 Å². The van der Waals surface area contributed by atoms with Gasteiger partial charge in [0.05, 0.1) is 15.5 Å². The fourth-order valence-electron chi connectivity index (χ4n) is 2.27. The first-order chi connectivity index (χ1) is 11.2. The van der Waals surface area contributed by atoms with Gasteiger partial charge in [0.2, 0.25) is 6.20 Å². The molecular formula is C13H14ClN3O6S. The van der Waals surface area contributed by atoms with Crippen molar-refractivity contribution in [3.05, 3.63) is 51.0 Å². The number of aryl methyl sites for hydroxylation is 2. The molecule has 1 heterocycles. The van der Waals surface area contributed by atoms with Crippen LogP contribution in [0, 0.1) is 20.4 Å². The van der Waals surface area contributed by atoms with Gasteiger partial charge in [-0.15, -0.1) is 15.7 Å². The lowest BCUT2D eigenvalue weighted by molar-refractivity contribution is -2.00. The molecule has 0 saturated carbocycles. The number of nitrogens with zero attached hydrogens (tertiary/aromatic N) is 2. The van der Waals surface area contributed by atoms with Crippen molar-refractivity contribution in [3.8, 4) is 0 Å². The molecule has 3 rings (SSSR count). The topological polar surface area (TPSA) is 151 Å². The Hall–Kier alpha value is -1.82. The second-order valence-corrected chi connectivity index (χ2v) is 6.82. The quantitative estimate of drug-likeness (QED) is 0.368. The average Bonchev–Trinajstić information content (AvgIpc) is 2.88. The summed E-state index contributed by atoms with van der Waals surface area (Å²) < 4.78 is 36.0. The molecule has 1 N–H and O–H groups in total. The summed E-state index contributed by atoms with van der Waals surface area (Å²) in [7, 11) is -4.94. The van der Waals surface area contributed by atoms with E-state index in [-0.39, 0.29) is 10.6 Å². The summed E-state index contributed by atoms with van der Waals surface area (Å²) in [6.07, 6.45) is 6.97. The molecule has 24 heavy (non-hydrogen) atoms. The van der Waals surface area contributed by atoms with E-state index in [4.69, 9.17) is 18.6 Å². The van der Waals surface area contributed by atoms with Crippen LogP contribution in [0.1, 0.15) is 23.3 Å². The van der Waals surface area contributed by atoms with Gasteiger partial charge in [0.25, 0.3) is 5.69 Å². The Kier molecular flexibility index (Phi) is 6.04. The van der Waals surface area contributed by atoms with Crippen LogP contribution in [-0.4, -0.2) is 4.92 Å². The van der Waals surface area contributed by atoms with Gasteiger partial charge in [0, 0.05) is 17.7 Å². The average molecular weight is 376 g/mol. The molecule has 1 aliphatic rings. The van der Waals surface area contributed by atoms with Gasteiger partial charge in [-0.3, -0.25) is 10.1 Å². The van der Waals surface area contributed by atoms with Gasteiger partial charge in [0.15, 0.2) is 11.5 Å². The molecule has 11 heteroatoms. The number of nitro benzene ring substituents is 1. The van der Waals surface area contributed by atoms with Gasteiger partial charge in [-0.05, 0) is 41.9 Å². The van der Waals surface area contributed by atoms with E-state index in [0.29, 0.717) is 0 Å². The number of halogens is 1. The van der Waals surface area contributed by atoms with Crippen molar-refractivity contribution in [1.82, 2.24) is 0 Å². The number of fused-ring (bicyclic) bond motifs is 1. The van der Waals surface area contributed by atoms with Crippen LogP contribution in [0.25, 0.3) is 0 Å². The number of benzene rings is 1. The lowest BCUT2D eigenvalue weighted by atomic mass is 10.0. The summed E-state index contributed by atoms with van der Waals surface area (Å²) in [5, 5.41) is 10.6. The fourth-order valence-corrected chi connectivity index (χ4v) is 3.34. The first kappa shape index (κ1) is 18.5. The van der Waals surface area contributed by atoms with E-state index < -0.39 is 10.2 Å². The lowest BCUT2D eigenvalue weighted by Gasteiger charge is -2.17. The van der Waals surface area contributed by atoms with Crippen molar-refractivity contribution >= 4 is 22.9 Å². The predicted octanol–water partition coefficient (Wildman–Crippen LogP) is -2.06. The molecule has 0 amide bonds. The number of hydrogen-bond acceptors (Lipinski definition) is 8. The van der Waals surface area contributed by atoms with E-state index in [2.05, 4.69) is 11.6 Å². The summed E-state index contributed by atoms with van der Waals surface area (Å²) in [4.78, 5) is 11.6. The molecule has 130 valence electrons. The van der Waals surface area contributed by atoms with Crippen LogP contribution >= 0.6 is 11.5 Å². The van der Waals surface area contributed by atoms with E-state index in [1.54, 1.807) is 23.7 Å². The summed E-state index contributed by atoms with van der Waals surface area (Å²) in [6.45, 7) is 0. The molecule has 0 fully saturated rings. The van der Waals surface area contributed by atoms with Crippen LogP contribution in [0.4, 0.5) is 11.4 Å². The second-order valence-electron chi connectivity index (χ2n) is 5.00. The molecule has 0 atom stereocenters. The van der Waals surface area contributed by atoms with Gasteiger partial charge in [-0.2, -0.15) is 0 Å². The minimum absolute atomic E-state index is 0.112. The van der Waals surface area contributed by atoms with Crippen molar-refractivity contribution in [2.45, 2.75) is 25.7 Å². The molecule has 0 bridgehead atoms. The molecule has 9 nitrogen and oxygen atoms in total. The minimum Gasteiger partial charge on any atom is -0.258 e. The standard InChI is InChI=1S/C13H14N3O2S.ClHO4/c17-16(18)12-7-5-11(6-8-12)14-15-9-10-3-1-2-4-13(10)19-15;2-1(3,4)5/h5-9,14H,1-4H2;(H,2,3,4,5)/q+1;/p-1.